The zero-order valence-electron chi connectivity index (χ0n) is 15.2. The van der Waals surface area contributed by atoms with Crippen molar-refractivity contribution in [3.63, 3.8) is 0 Å². The Morgan fingerprint density at radius 2 is 1.54 bits per heavy atom. The summed E-state index contributed by atoms with van der Waals surface area (Å²) in [7, 11) is 0. The minimum Gasteiger partial charge on any atom is -0.316 e. The first-order valence-electron chi connectivity index (χ1n) is 9.69. The van der Waals surface area contributed by atoms with Crippen LogP contribution < -0.4 is 5.32 Å². The lowest BCUT2D eigenvalue weighted by atomic mass is 9.88. The Bertz CT molecular complexity index is 745. The van der Waals surface area contributed by atoms with Crippen LogP contribution in [0.25, 0.3) is 0 Å². The molecule has 0 heterocycles. The molecule has 26 heavy (non-hydrogen) atoms. The van der Waals surface area contributed by atoms with Gasteiger partial charge in [0.2, 0.25) is 0 Å². The molecule has 131 valence electrons. The summed E-state index contributed by atoms with van der Waals surface area (Å²) in [5.74, 6) is 1.18. The van der Waals surface area contributed by atoms with Gasteiger partial charge in [-0.25, -0.2) is 0 Å². The standard InChI is InChI=1S/C25H26N/c1-3-9-21(10-4-1)25(22-11-5-2-6-12-22)15-16-26-19-20-17-23-13-7-8-14-24(23)18-20/h1-13,20,25-26H,15-19H2. The average molecular weight is 340 g/mol. The van der Waals surface area contributed by atoms with E-state index in [2.05, 4.69) is 84.2 Å². The molecule has 0 aromatic heterocycles. The Balaban J connectivity index is 1.33. The van der Waals surface area contributed by atoms with E-state index in [1.807, 2.05) is 6.07 Å². The molecule has 3 aromatic rings. The number of benzene rings is 3. The molecule has 1 N–H and O–H groups in total. The van der Waals surface area contributed by atoms with E-state index in [1.165, 1.54) is 35.1 Å². The van der Waals surface area contributed by atoms with Crippen LogP contribution in [0.2, 0.25) is 0 Å². The predicted molar refractivity (Wildman–Crippen MR) is 108 cm³/mol. The van der Waals surface area contributed by atoms with Gasteiger partial charge in [0.1, 0.15) is 0 Å². The Morgan fingerprint density at radius 3 is 2.19 bits per heavy atom. The van der Waals surface area contributed by atoms with Crippen molar-refractivity contribution in [3.8, 4) is 0 Å². The summed E-state index contributed by atoms with van der Waals surface area (Å²) >= 11 is 0. The number of rotatable bonds is 7. The van der Waals surface area contributed by atoms with Gasteiger partial charge in [0.25, 0.3) is 0 Å². The zero-order valence-corrected chi connectivity index (χ0v) is 15.2. The van der Waals surface area contributed by atoms with E-state index in [0.29, 0.717) is 5.92 Å². The molecule has 1 atom stereocenters. The second-order valence-electron chi connectivity index (χ2n) is 7.31. The fourth-order valence-corrected chi connectivity index (χ4v) is 4.15. The molecule has 0 amide bonds. The maximum absolute atomic E-state index is 3.72. The highest BCUT2D eigenvalue weighted by atomic mass is 14.9. The van der Waals surface area contributed by atoms with E-state index in [1.54, 1.807) is 0 Å². The third-order valence-electron chi connectivity index (χ3n) is 5.49. The van der Waals surface area contributed by atoms with Crippen molar-refractivity contribution in [2.24, 2.45) is 5.92 Å². The first-order valence-corrected chi connectivity index (χ1v) is 9.69. The van der Waals surface area contributed by atoms with Crippen LogP contribution in [0.4, 0.5) is 0 Å². The summed E-state index contributed by atoms with van der Waals surface area (Å²) in [6, 6.07) is 31.6. The summed E-state index contributed by atoms with van der Waals surface area (Å²) in [4.78, 5) is 0. The van der Waals surface area contributed by atoms with Crippen molar-refractivity contribution in [1.82, 2.24) is 5.32 Å². The molecule has 0 saturated heterocycles. The van der Waals surface area contributed by atoms with Crippen molar-refractivity contribution in [2.75, 3.05) is 13.1 Å². The summed E-state index contributed by atoms with van der Waals surface area (Å²) in [5, 5.41) is 3.72. The van der Waals surface area contributed by atoms with Crippen LogP contribution in [0.15, 0.2) is 78.9 Å². The van der Waals surface area contributed by atoms with E-state index in [-0.39, 0.29) is 0 Å². The highest BCUT2D eigenvalue weighted by Crippen LogP contribution is 2.28. The third kappa shape index (κ3) is 4.05. The predicted octanol–water partition coefficient (Wildman–Crippen LogP) is 5.01. The molecule has 0 saturated carbocycles. The number of fused-ring (bicyclic) bond motifs is 1. The van der Waals surface area contributed by atoms with Gasteiger partial charge >= 0.3 is 0 Å². The van der Waals surface area contributed by atoms with Crippen molar-refractivity contribution >= 4 is 0 Å². The minimum absolute atomic E-state index is 0.457. The molecule has 4 rings (SSSR count). The number of hydrogen-bond acceptors (Lipinski definition) is 1. The fourth-order valence-electron chi connectivity index (χ4n) is 4.15. The molecule has 0 fully saturated rings. The van der Waals surface area contributed by atoms with E-state index in [0.717, 1.165) is 25.4 Å². The molecule has 1 nitrogen and oxygen atoms in total. The lowest BCUT2D eigenvalue weighted by Crippen LogP contribution is -2.25. The number of hydrogen-bond donors (Lipinski definition) is 1. The highest BCUT2D eigenvalue weighted by molar-refractivity contribution is 5.33. The highest BCUT2D eigenvalue weighted by Gasteiger charge is 2.21. The van der Waals surface area contributed by atoms with Crippen molar-refractivity contribution in [1.29, 1.82) is 0 Å². The Labute approximate surface area is 157 Å². The van der Waals surface area contributed by atoms with Gasteiger partial charge in [0.05, 0.1) is 0 Å². The van der Waals surface area contributed by atoms with Gasteiger partial charge in [-0.2, -0.15) is 0 Å². The number of nitrogens with one attached hydrogen (secondary N) is 1. The van der Waals surface area contributed by atoms with Crippen molar-refractivity contribution < 1.29 is 0 Å². The van der Waals surface area contributed by atoms with E-state index in [4.69, 9.17) is 0 Å². The topological polar surface area (TPSA) is 12.0 Å². The van der Waals surface area contributed by atoms with Gasteiger partial charge in [-0.05, 0) is 66.6 Å². The monoisotopic (exact) mass is 340 g/mol. The van der Waals surface area contributed by atoms with Crippen molar-refractivity contribution in [2.45, 2.75) is 25.2 Å². The lowest BCUT2D eigenvalue weighted by molar-refractivity contribution is 0.487. The Hall–Kier alpha value is -2.38. The summed E-state index contributed by atoms with van der Waals surface area (Å²) in [6.07, 6.45) is 3.49. The molecule has 0 aliphatic heterocycles. The SMILES string of the molecule is [c]1cccc2c1CC(CNCCC(c1ccccc1)c1ccccc1)C2. The Kier molecular flexibility index (Phi) is 5.47. The smallest absolute Gasteiger partial charge is 0.0101 e. The summed E-state index contributed by atoms with van der Waals surface area (Å²) in [5.41, 5.74) is 5.73. The molecule has 1 radical (unpaired) electrons. The van der Waals surface area contributed by atoms with Crippen LogP contribution in [-0.2, 0) is 12.8 Å². The van der Waals surface area contributed by atoms with Crippen LogP contribution in [-0.4, -0.2) is 13.1 Å². The van der Waals surface area contributed by atoms with Crippen LogP contribution in [0.3, 0.4) is 0 Å². The maximum atomic E-state index is 3.72. The second kappa shape index (κ2) is 8.33. The molecule has 1 unspecified atom stereocenters. The quantitative estimate of drug-likeness (QED) is 0.596. The van der Waals surface area contributed by atoms with E-state index in [9.17, 15) is 0 Å². The summed E-state index contributed by atoms with van der Waals surface area (Å²) in [6.45, 7) is 2.14. The van der Waals surface area contributed by atoms with Crippen LogP contribution in [0, 0.1) is 12.0 Å². The first-order chi connectivity index (χ1) is 12.9. The maximum Gasteiger partial charge on any atom is 0.0101 e. The van der Waals surface area contributed by atoms with E-state index < -0.39 is 0 Å². The van der Waals surface area contributed by atoms with Crippen LogP contribution in [0.1, 0.15) is 34.6 Å². The molecule has 1 aliphatic carbocycles. The second-order valence-corrected chi connectivity index (χ2v) is 7.31. The molecule has 0 spiro atoms. The third-order valence-corrected chi connectivity index (χ3v) is 5.49. The Morgan fingerprint density at radius 1 is 0.846 bits per heavy atom. The van der Waals surface area contributed by atoms with Gasteiger partial charge < -0.3 is 5.32 Å². The normalized spacial score (nSPS) is 13.9. The molecule has 1 heteroatoms. The minimum atomic E-state index is 0.457. The van der Waals surface area contributed by atoms with E-state index >= 15 is 0 Å². The summed E-state index contributed by atoms with van der Waals surface area (Å²) < 4.78 is 0. The molecular weight excluding hydrogens is 314 g/mol. The van der Waals surface area contributed by atoms with Crippen molar-refractivity contribution in [3.05, 3.63) is 107 Å². The largest absolute Gasteiger partial charge is 0.316 e. The van der Waals surface area contributed by atoms with Gasteiger partial charge in [0, 0.05) is 5.92 Å². The van der Waals surface area contributed by atoms with Gasteiger partial charge in [0.15, 0.2) is 0 Å². The zero-order chi connectivity index (χ0) is 17.6. The lowest BCUT2D eigenvalue weighted by Gasteiger charge is -2.19. The van der Waals surface area contributed by atoms with Crippen LogP contribution >= 0.6 is 0 Å². The van der Waals surface area contributed by atoms with Gasteiger partial charge in [-0.1, -0.05) is 78.9 Å². The van der Waals surface area contributed by atoms with Crippen LogP contribution in [0.5, 0.6) is 0 Å². The molecule has 0 bridgehead atoms. The molecule has 3 aromatic carbocycles. The van der Waals surface area contributed by atoms with Gasteiger partial charge in [-0.15, -0.1) is 0 Å². The fraction of sp³-hybridized carbons (Fsp3) is 0.280. The molecule has 1 aliphatic rings. The molecular formula is C25H26N. The van der Waals surface area contributed by atoms with Gasteiger partial charge in [-0.3, -0.25) is 0 Å². The average Bonchev–Trinajstić information content (AvgIpc) is 3.12. The first kappa shape index (κ1) is 17.1.